The summed E-state index contributed by atoms with van der Waals surface area (Å²) in [5.74, 6) is -2.39. The van der Waals surface area contributed by atoms with Crippen LogP contribution in [0.15, 0.2) is 22.8 Å². The standard InChI is InChI=1S/C11H13NO6/c1-17-9(13)5-4-7(11(15)16)12-10(14)8-3-2-6-18-8/h2-3,6-7H,4-5H2,1H3,(H,12,14)(H,15,16)/t7-/m0/s1. The number of furan rings is 1. The fourth-order valence-electron chi connectivity index (χ4n) is 1.26. The van der Waals surface area contributed by atoms with E-state index in [0.717, 1.165) is 0 Å². The van der Waals surface area contributed by atoms with Crippen LogP contribution in [0.4, 0.5) is 0 Å². The summed E-state index contributed by atoms with van der Waals surface area (Å²) in [4.78, 5) is 33.4. The molecule has 0 fully saturated rings. The van der Waals surface area contributed by atoms with E-state index in [4.69, 9.17) is 9.52 Å². The third-order valence-electron chi connectivity index (χ3n) is 2.21. The number of amides is 1. The van der Waals surface area contributed by atoms with Gasteiger partial charge < -0.3 is 19.6 Å². The molecule has 0 radical (unpaired) electrons. The van der Waals surface area contributed by atoms with Crippen LogP contribution in [-0.4, -0.2) is 36.1 Å². The van der Waals surface area contributed by atoms with E-state index >= 15 is 0 Å². The van der Waals surface area contributed by atoms with E-state index in [0.29, 0.717) is 0 Å². The van der Waals surface area contributed by atoms with Gasteiger partial charge in [0.2, 0.25) is 0 Å². The highest BCUT2D eigenvalue weighted by molar-refractivity contribution is 5.94. The summed E-state index contributed by atoms with van der Waals surface area (Å²) < 4.78 is 9.22. The average molecular weight is 255 g/mol. The second-order valence-electron chi connectivity index (χ2n) is 3.46. The van der Waals surface area contributed by atoms with Crippen LogP contribution in [0.2, 0.25) is 0 Å². The molecule has 1 heterocycles. The number of methoxy groups -OCH3 is 1. The molecule has 1 amide bonds. The predicted octanol–water partition coefficient (Wildman–Crippen LogP) is 0.416. The van der Waals surface area contributed by atoms with Crippen molar-refractivity contribution >= 4 is 17.8 Å². The summed E-state index contributed by atoms with van der Waals surface area (Å²) in [5, 5.41) is 11.2. The normalized spacial score (nSPS) is 11.6. The van der Waals surface area contributed by atoms with Gasteiger partial charge in [-0.05, 0) is 18.6 Å². The van der Waals surface area contributed by atoms with Gasteiger partial charge in [0, 0.05) is 6.42 Å². The first-order valence-corrected chi connectivity index (χ1v) is 5.18. The Labute approximate surface area is 103 Å². The van der Waals surface area contributed by atoms with Crippen molar-refractivity contribution in [2.24, 2.45) is 0 Å². The van der Waals surface area contributed by atoms with E-state index < -0.39 is 23.9 Å². The summed E-state index contributed by atoms with van der Waals surface area (Å²) in [6.07, 6.45) is 1.17. The van der Waals surface area contributed by atoms with Crippen LogP contribution in [0.3, 0.4) is 0 Å². The van der Waals surface area contributed by atoms with E-state index in [1.54, 1.807) is 0 Å². The van der Waals surface area contributed by atoms with Gasteiger partial charge in [-0.3, -0.25) is 9.59 Å². The molecule has 7 heteroatoms. The van der Waals surface area contributed by atoms with E-state index in [1.807, 2.05) is 0 Å². The monoisotopic (exact) mass is 255 g/mol. The number of carboxylic acids is 1. The van der Waals surface area contributed by atoms with Crippen LogP contribution in [0.25, 0.3) is 0 Å². The third-order valence-corrected chi connectivity index (χ3v) is 2.21. The van der Waals surface area contributed by atoms with Crippen molar-refractivity contribution in [3.05, 3.63) is 24.2 Å². The maximum absolute atomic E-state index is 11.6. The van der Waals surface area contributed by atoms with Crippen molar-refractivity contribution in [2.75, 3.05) is 7.11 Å². The Morgan fingerprint density at radius 1 is 1.50 bits per heavy atom. The van der Waals surface area contributed by atoms with Crippen LogP contribution in [0, 0.1) is 0 Å². The Morgan fingerprint density at radius 3 is 2.72 bits per heavy atom. The fourth-order valence-corrected chi connectivity index (χ4v) is 1.26. The van der Waals surface area contributed by atoms with Crippen molar-refractivity contribution in [3.63, 3.8) is 0 Å². The van der Waals surface area contributed by atoms with Gasteiger partial charge in [-0.25, -0.2) is 4.79 Å². The largest absolute Gasteiger partial charge is 0.480 e. The number of hydrogen-bond donors (Lipinski definition) is 2. The molecule has 0 spiro atoms. The topological polar surface area (TPSA) is 106 Å². The quantitative estimate of drug-likeness (QED) is 0.713. The molecule has 0 aliphatic rings. The molecule has 0 aliphatic carbocycles. The predicted molar refractivity (Wildman–Crippen MR) is 58.8 cm³/mol. The molecule has 2 N–H and O–H groups in total. The lowest BCUT2D eigenvalue weighted by molar-refractivity contribution is -0.142. The number of carbonyl (C=O) groups excluding carboxylic acids is 2. The molecule has 0 unspecified atom stereocenters. The molecule has 0 aromatic carbocycles. The Balaban J connectivity index is 2.55. The Hall–Kier alpha value is -2.31. The minimum atomic E-state index is -1.22. The second kappa shape index (κ2) is 6.43. The van der Waals surface area contributed by atoms with Crippen molar-refractivity contribution in [1.29, 1.82) is 0 Å². The Bertz CT molecular complexity index is 425. The van der Waals surface area contributed by atoms with Crippen LogP contribution >= 0.6 is 0 Å². The van der Waals surface area contributed by atoms with Crippen LogP contribution < -0.4 is 5.32 Å². The summed E-state index contributed by atoms with van der Waals surface area (Å²) in [5.41, 5.74) is 0. The van der Waals surface area contributed by atoms with Crippen molar-refractivity contribution in [2.45, 2.75) is 18.9 Å². The maximum atomic E-state index is 11.6. The highest BCUT2D eigenvalue weighted by Crippen LogP contribution is 2.04. The van der Waals surface area contributed by atoms with Crippen LogP contribution in [0.1, 0.15) is 23.4 Å². The van der Waals surface area contributed by atoms with Crippen molar-refractivity contribution < 1.29 is 28.6 Å². The van der Waals surface area contributed by atoms with Crippen LogP contribution in [-0.2, 0) is 14.3 Å². The molecule has 1 aromatic rings. The van der Waals surface area contributed by atoms with Gasteiger partial charge in [-0.15, -0.1) is 0 Å². The van der Waals surface area contributed by atoms with Crippen LogP contribution in [0.5, 0.6) is 0 Å². The van der Waals surface area contributed by atoms with E-state index in [-0.39, 0.29) is 18.6 Å². The Kier molecular flexibility index (Phi) is 4.91. The summed E-state index contributed by atoms with van der Waals surface area (Å²) in [6, 6.07) is 1.76. The van der Waals surface area contributed by atoms with E-state index in [1.165, 1.54) is 25.5 Å². The third kappa shape index (κ3) is 3.93. The van der Waals surface area contributed by atoms with Gasteiger partial charge in [-0.1, -0.05) is 0 Å². The molecular formula is C11H13NO6. The average Bonchev–Trinajstić information content (AvgIpc) is 2.87. The SMILES string of the molecule is COC(=O)CC[C@H](NC(=O)c1ccco1)C(=O)O. The minimum Gasteiger partial charge on any atom is -0.480 e. The summed E-state index contributed by atoms with van der Waals surface area (Å²) in [6.45, 7) is 0. The van der Waals surface area contributed by atoms with Gasteiger partial charge in [0.05, 0.1) is 13.4 Å². The molecule has 0 bridgehead atoms. The van der Waals surface area contributed by atoms with Gasteiger partial charge in [-0.2, -0.15) is 0 Å². The number of nitrogens with one attached hydrogen (secondary N) is 1. The molecule has 0 saturated heterocycles. The number of hydrogen-bond acceptors (Lipinski definition) is 5. The number of esters is 1. The summed E-state index contributed by atoms with van der Waals surface area (Å²) in [7, 11) is 1.21. The first-order valence-electron chi connectivity index (χ1n) is 5.18. The summed E-state index contributed by atoms with van der Waals surface area (Å²) >= 11 is 0. The molecule has 1 atom stereocenters. The highest BCUT2D eigenvalue weighted by Gasteiger charge is 2.22. The molecule has 1 rings (SSSR count). The maximum Gasteiger partial charge on any atom is 0.326 e. The van der Waals surface area contributed by atoms with Crippen molar-refractivity contribution in [1.82, 2.24) is 5.32 Å². The van der Waals surface area contributed by atoms with Gasteiger partial charge in [0.25, 0.3) is 5.91 Å². The van der Waals surface area contributed by atoms with E-state index in [9.17, 15) is 14.4 Å². The van der Waals surface area contributed by atoms with Gasteiger partial charge in [0.15, 0.2) is 5.76 Å². The number of rotatable bonds is 6. The minimum absolute atomic E-state index is 0.0133. The molecule has 18 heavy (non-hydrogen) atoms. The number of ether oxygens (including phenoxy) is 1. The zero-order chi connectivity index (χ0) is 13.5. The highest BCUT2D eigenvalue weighted by atomic mass is 16.5. The lowest BCUT2D eigenvalue weighted by Crippen LogP contribution is -2.41. The second-order valence-corrected chi connectivity index (χ2v) is 3.46. The molecular weight excluding hydrogens is 242 g/mol. The van der Waals surface area contributed by atoms with Crippen molar-refractivity contribution in [3.8, 4) is 0 Å². The molecule has 98 valence electrons. The fraction of sp³-hybridized carbons (Fsp3) is 0.364. The lowest BCUT2D eigenvalue weighted by atomic mass is 10.1. The molecule has 0 saturated carbocycles. The first kappa shape index (κ1) is 13.8. The zero-order valence-electron chi connectivity index (χ0n) is 9.71. The molecule has 1 aromatic heterocycles. The van der Waals surface area contributed by atoms with Gasteiger partial charge in [0.1, 0.15) is 6.04 Å². The van der Waals surface area contributed by atoms with Gasteiger partial charge >= 0.3 is 11.9 Å². The number of carbonyl (C=O) groups is 3. The smallest absolute Gasteiger partial charge is 0.326 e. The number of aliphatic carboxylic acids is 1. The zero-order valence-corrected chi connectivity index (χ0v) is 9.71. The Morgan fingerprint density at radius 2 is 2.22 bits per heavy atom. The van der Waals surface area contributed by atoms with E-state index in [2.05, 4.69) is 10.1 Å². The lowest BCUT2D eigenvalue weighted by Gasteiger charge is -2.12. The number of carboxylic acid groups (broad SMARTS) is 1. The first-order chi connectivity index (χ1) is 8.54. The molecule has 0 aliphatic heterocycles. The molecule has 7 nitrogen and oxygen atoms in total.